The van der Waals surface area contributed by atoms with Crippen LogP contribution in [0, 0.1) is 6.92 Å². The van der Waals surface area contributed by atoms with Gasteiger partial charge in [-0.15, -0.1) is 0 Å². The van der Waals surface area contributed by atoms with Crippen molar-refractivity contribution in [3.05, 3.63) is 66.2 Å². The Hall–Kier alpha value is -2.22. The van der Waals surface area contributed by atoms with Gasteiger partial charge in [-0.2, -0.15) is 0 Å². The van der Waals surface area contributed by atoms with Crippen molar-refractivity contribution in [1.29, 1.82) is 0 Å². The van der Waals surface area contributed by atoms with Crippen molar-refractivity contribution in [2.24, 2.45) is 0 Å². The largest absolute Gasteiger partial charge is 0.508 e. The van der Waals surface area contributed by atoms with E-state index in [0.717, 1.165) is 22.5 Å². The summed E-state index contributed by atoms with van der Waals surface area (Å²) in [5, 5.41) is 12.8. The fraction of sp³-hybridized carbons (Fsp3) is 0.0667. The van der Waals surface area contributed by atoms with E-state index in [1.165, 1.54) is 0 Å². The molecule has 0 unspecified atom stereocenters. The minimum Gasteiger partial charge on any atom is -0.508 e. The molecule has 0 radical (unpaired) electrons. The maximum absolute atomic E-state index is 9.61. The van der Waals surface area contributed by atoms with Gasteiger partial charge in [0.1, 0.15) is 5.75 Å². The zero-order chi connectivity index (χ0) is 12.3. The Balaban J connectivity index is 2.16. The van der Waals surface area contributed by atoms with Crippen molar-refractivity contribution in [2.75, 3.05) is 5.32 Å². The standard InChI is InChI=1S/C15H15NO/c1-11-8-9-14(10-15(11)17)16-12(2)13-6-4-3-5-7-13/h3-10,16-17H,2H2,1H3. The third-order valence-corrected chi connectivity index (χ3v) is 2.63. The monoisotopic (exact) mass is 225 g/mol. The lowest BCUT2D eigenvalue weighted by atomic mass is 10.1. The molecule has 2 heteroatoms. The minimum absolute atomic E-state index is 0.288. The zero-order valence-electron chi connectivity index (χ0n) is 9.77. The van der Waals surface area contributed by atoms with Gasteiger partial charge >= 0.3 is 0 Å². The predicted molar refractivity (Wildman–Crippen MR) is 71.9 cm³/mol. The highest BCUT2D eigenvalue weighted by molar-refractivity contribution is 5.75. The van der Waals surface area contributed by atoms with Crippen LogP contribution in [0.1, 0.15) is 11.1 Å². The first kappa shape index (κ1) is 11.3. The molecule has 2 aromatic carbocycles. The number of hydrogen-bond donors (Lipinski definition) is 2. The number of benzene rings is 2. The Labute approximate surface area is 101 Å². The molecule has 0 heterocycles. The van der Waals surface area contributed by atoms with Gasteiger partial charge in [-0.1, -0.05) is 43.0 Å². The van der Waals surface area contributed by atoms with Gasteiger partial charge in [0.2, 0.25) is 0 Å². The summed E-state index contributed by atoms with van der Waals surface area (Å²) in [6.45, 7) is 5.85. The summed E-state index contributed by atoms with van der Waals surface area (Å²) >= 11 is 0. The molecule has 0 fully saturated rings. The summed E-state index contributed by atoms with van der Waals surface area (Å²) in [7, 11) is 0. The third kappa shape index (κ3) is 2.67. The van der Waals surface area contributed by atoms with Crippen molar-refractivity contribution in [3.8, 4) is 5.75 Å². The Morgan fingerprint density at radius 1 is 1.12 bits per heavy atom. The average Bonchev–Trinajstić information content (AvgIpc) is 2.35. The number of phenolic OH excluding ortho intramolecular Hbond substituents is 1. The summed E-state index contributed by atoms with van der Waals surface area (Å²) in [6.07, 6.45) is 0. The molecule has 0 aliphatic heterocycles. The maximum atomic E-state index is 9.61. The zero-order valence-corrected chi connectivity index (χ0v) is 9.77. The van der Waals surface area contributed by atoms with Gasteiger partial charge in [-0.05, 0) is 24.1 Å². The van der Waals surface area contributed by atoms with Crippen molar-refractivity contribution >= 4 is 11.4 Å². The van der Waals surface area contributed by atoms with Crippen molar-refractivity contribution in [2.45, 2.75) is 6.92 Å². The quantitative estimate of drug-likeness (QED) is 0.833. The van der Waals surface area contributed by atoms with E-state index in [2.05, 4.69) is 11.9 Å². The number of nitrogens with one attached hydrogen (secondary N) is 1. The van der Waals surface area contributed by atoms with Crippen LogP contribution in [0.4, 0.5) is 5.69 Å². The molecule has 86 valence electrons. The fourth-order valence-electron chi connectivity index (χ4n) is 1.57. The molecule has 2 nitrogen and oxygen atoms in total. The van der Waals surface area contributed by atoms with Gasteiger partial charge in [0, 0.05) is 17.5 Å². The van der Waals surface area contributed by atoms with E-state index in [9.17, 15) is 5.11 Å². The molecule has 2 aromatic rings. The highest BCUT2D eigenvalue weighted by Gasteiger charge is 2.01. The van der Waals surface area contributed by atoms with E-state index < -0.39 is 0 Å². The summed E-state index contributed by atoms with van der Waals surface area (Å²) in [5.41, 5.74) is 3.55. The Morgan fingerprint density at radius 2 is 1.82 bits per heavy atom. The van der Waals surface area contributed by atoms with E-state index in [1.54, 1.807) is 6.07 Å². The van der Waals surface area contributed by atoms with Gasteiger partial charge in [-0.3, -0.25) is 0 Å². The van der Waals surface area contributed by atoms with E-state index in [-0.39, 0.29) is 5.75 Å². The van der Waals surface area contributed by atoms with Crippen LogP contribution in [-0.2, 0) is 0 Å². The first-order valence-electron chi connectivity index (χ1n) is 5.48. The Morgan fingerprint density at radius 3 is 2.47 bits per heavy atom. The highest BCUT2D eigenvalue weighted by Crippen LogP contribution is 2.23. The van der Waals surface area contributed by atoms with Crippen molar-refractivity contribution < 1.29 is 5.11 Å². The lowest BCUT2D eigenvalue weighted by Crippen LogP contribution is -1.97. The number of aryl methyl sites for hydroxylation is 1. The second-order valence-electron chi connectivity index (χ2n) is 3.97. The molecule has 17 heavy (non-hydrogen) atoms. The molecule has 0 atom stereocenters. The number of aromatic hydroxyl groups is 1. The van der Waals surface area contributed by atoms with Crippen LogP contribution < -0.4 is 5.32 Å². The number of rotatable bonds is 3. The van der Waals surface area contributed by atoms with Gasteiger partial charge in [0.15, 0.2) is 0 Å². The normalized spacial score (nSPS) is 9.94. The molecule has 2 rings (SSSR count). The van der Waals surface area contributed by atoms with Gasteiger partial charge < -0.3 is 10.4 Å². The molecule has 0 spiro atoms. The number of anilines is 1. The second kappa shape index (κ2) is 4.74. The molecular weight excluding hydrogens is 210 g/mol. The van der Waals surface area contributed by atoms with Gasteiger partial charge in [0.05, 0.1) is 0 Å². The van der Waals surface area contributed by atoms with E-state index >= 15 is 0 Å². The fourth-order valence-corrected chi connectivity index (χ4v) is 1.57. The SMILES string of the molecule is C=C(Nc1ccc(C)c(O)c1)c1ccccc1. The molecule has 2 N–H and O–H groups in total. The topological polar surface area (TPSA) is 32.3 Å². The predicted octanol–water partition coefficient (Wildman–Crippen LogP) is 3.78. The molecule has 0 amide bonds. The van der Waals surface area contributed by atoms with Crippen LogP contribution >= 0.6 is 0 Å². The van der Waals surface area contributed by atoms with Gasteiger partial charge in [-0.25, -0.2) is 0 Å². The summed E-state index contributed by atoms with van der Waals surface area (Å²) in [6, 6.07) is 15.4. The van der Waals surface area contributed by atoms with E-state index in [4.69, 9.17) is 0 Å². The van der Waals surface area contributed by atoms with Gasteiger partial charge in [0.25, 0.3) is 0 Å². The summed E-state index contributed by atoms with van der Waals surface area (Å²) in [4.78, 5) is 0. The highest BCUT2D eigenvalue weighted by atomic mass is 16.3. The van der Waals surface area contributed by atoms with Crippen LogP contribution in [-0.4, -0.2) is 5.11 Å². The van der Waals surface area contributed by atoms with Crippen LogP contribution in [0.15, 0.2) is 55.1 Å². The molecular formula is C15H15NO. The van der Waals surface area contributed by atoms with Crippen LogP contribution in [0.2, 0.25) is 0 Å². The van der Waals surface area contributed by atoms with E-state index in [0.29, 0.717) is 0 Å². The molecule has 0 saturated heterocycles. The van der Waals surface area contributed by atoms with Crippen molar-refractivity contribution in [3.63, 3.8) is 0 Å². The van der Waals surface area contributed by atoms with Crippen molar-refractivity contribution in [1.82, 2.24) is 0 Å². The molecule has 0 saturated carbocycles. The number of hydrogen-bond acceptors (Lipinski definition) is 2. The summed E-state index contributed by atoms with van der Waals surface area (Å²) in [5.74, 6) is 0.288. The molecule has 0 aliphatic rings. The summed E-state index contributed by atoms with van der Waals surface area (Å²) < 4.78 is 0. The minimum atomic E-state index is 0.288. The average molecular weight is 225 g/mol. The molecule has 0 bridgehead atoms. The maximum Gasteiger partial charge on any atom is 0.120 e. The first-order valence-corrected chi connectivity index (χ1v) is 5.48. The lowest BCUT2D eigenvalue weighted by Gasteiger charge is -2.10. The van der Waals surface area contributed by atoms with Crippen LogP contribution in [0.25, 0.3) is 5.70 Å². The Bertz CT molecular complexity index is 532. The smallest absolute Gasteiger partial charge is 0.120 e. The lowest BCUT2D eigenvalue weighted by molar-refractivity contribution is 0.471. The first-order chi connectivity index (χ1) is 8.16. The second-order valence-corrected chi connectivity index (χ2v) is 3.97. The van der Waals surface area contributed by atoms with E-state index in [1.807, 2.05) is 49.4 Å². The van der Waals surface area contributed by atoms with Crippen LogP contribution in [0.5, 0.6) is 5.75 Å². The molecule has 0 aliphatic carbocycles. The van der Waals surface area contributed by atoms with Crippen LogP contribution in [0.3, 0.4) is 0 Å². The number of phenols is 1. The third-order valence-electron chi connectivity index (χ3n) is 2.63. The molecule has 0 aromatic heterocycles. The Kier molecular flexibility index (Phi) is 3.15.